The number of halogens is 1. The molecule has 2 aromatic rings. The fourth-order valence-corrected chi connectivity index (χ4v) is 1.68. The molecule has 0 aliphatic heterocycles. The topological polar surface area (TPSA) is 59.1 Å². The van der Waals surface area contributed by atoms with Crippen LogP contribution in [-0.4, -0.2) is 10.1 Å². The second-order valence-corrected chi connectivity index (χ2v) is 3.90. The molecule has 0 amide bonds. The Morgan fingerprint density at radius 1 is 1.31 bits per heavy atom. The van der Waals surface area contributed by atoms with Gasteiger partial charge >= 0.3 is 0 Å². The summed E-state index contributed by atoms with van der Waals surface area (Å²) in [6, 6.07) is 8.58. The lowest BCUT2D eigenvalue weighted by atomic mass is 10.0. The normalized spacial score (nSPS) is 12.4. The van der Waals surface area contributed by atoms with Gasteiger partial charge in [0.25, 0.3) is 0 Å². The van der Waals surface area contributed by atoms with Gasteiger partial charge in [0.05, 0.1) is 0 Å². The summed E-state index contributed by atoms with van der Waals surface area (Å²) < 4.78 is 0. The van der Waals surface area contributed by atoms with Gasteiger partial charge < -0.3 is 10.8 Å². The number of benzene rings is 1. The maximum absolute atomic E-state index is 10.1. The Kier molecular flexibility index (Phi) is 3.08. The minimum atomic E-state index is -0.799. The monoisotopic (exact) mass is 234 g/mol. The Labute approximate surface area is 98.5 Å². The molecule has 3 nitrogen and oxygen atoms in total. The molecule has 1 atom stereocenters. The van der Waals surface area contributed by atoms with E-state index in [2.05, 4.69) is 4.98 Å². The molecule has 82 valence electrons. The van der Waals surface area contributed by atoms with Crippen LogP contribution in [0.1, 0.15) is 17.2 Å². The highest BCUT2D eigenvalue weighted by atomic mass is 35.5. The first kappa shape index (κ1) is 10.9. The number of aromatic nitrogens is 1. The average molecular weight is 235 g/mol. The third-order valence-electron chi connectivity index (χ3n) is 2.34. The number of nitrogens with zero attached hydrogens (tertiary/aromatic N) is 1. The number of hydrogen-bond acceptors (Lipinski definition) is 3. The van der Waals surface area contributed by atoms with Crippen LogP contribution in [0.3, 0.4) is 0 Å². The van der Waals surface area contributed by atoms with Gasteiger partial charge in [0.15, 0.2) is 0 Å². The van der Waals surface area contributed by atoms with Crippen molar-refractivity contribution in [2.45, 2.75) is 6.10 Å². The van der Waals surface area contributed by atoms with Gasteiger partial charge in [-0.2, -0.15) is 0 Å². The van der Waals surface area contributed by atoms with Gasteiger partial charge in [-0.05, 0) is 24.3 Å². The SMILES string of the molecule is Nc1ccc(Cl)cc1C(O)c1cccnc1. The van der Waals surface area contributed by atoms with Gasteiger partial charge in [-0.3, -0.25) is 4.98 Å². The molecule has 0 saturated carbocycles. The summed E-state index contributed by atoms with van der Waals surface area (Å²) >= 11 is 5.87. The number of aliphatic hydroxyl groups is 1. The van der Waals surface area contributed by atoms with Crippen LogP contribution in [0.5, 0.6) is 0 Å². The average Bonchev–Trinajstić information content (AvgIpc) is 2.32. The number of rotatable bonds is 2. The number of nitrogen functional groups attached to an aromatic ring is 1. The summed E-state index contributed by atoms with van der Waals surface area (Å²) in [7, 11) is 0. The van der Waals surface area contributed by atoms with Gasteiger partial charge in [0.2, 0.25) is 0 Å². The van der Waals surface area contributed by atoms with Crippen molar-refractivity contribution >= 4 is 17.3 Å². The molecule has 4 heteroatoms. The molecule has 0 spiro atoms. The van der Waals surface area contributed by atoms with E-state index in [0.29, 0.717) is 21.8 Å². The minimum absolute atomic E-state index is 0.515. The fraction of sp³-hybridized carbons (Fsp3) is 0.0833. The van der Waals surface area contributed by atoms with Crippen molar-refractivity contribution in [3.63, 3.8) is 0 Å². The smallest absolute Gasteiger partial charge is 0.108 e. The molecule has 1 aromatic heterocycles. The van der Waals surface area contributed by atoms with Crippen LogP contribution < -0.4 is 5.73 Å². The lowest BCUT2D eigenvalue weighted by Crippen LogP contribution is -2.03. The van der Waals surface area contributed by atoms with Crippen LogP contribution in [0.2, 0.25) is 5.02 Å². The standard InChI is InChI=1S/C12H11ClN2O/c13-9-3-4-11(14)10(6-9)12(16)8-2-1-5-15-7-8/h1-7,12,16H,14H2. The molecule has 0 radical (unpaired) electrons. The third-order valence-corrected chi connectivity index (χ3v) is 2.58. The summed E-state index contributed by atoms with van der Waals surface area (Å²) in [4.78, 5) is 3.95. The number of anilines is 1. The molecule has 0 saturated heterocycles. The highest BCUT2D eigenvalue weighted by molar-refractivity contribution is 6.30. The van der Waals surface area contributed by atoms with Crippen LogP contribution in [0.25, 0.3) is 0 Å². The summed E-state index contributed by atoms with van der Waals surface area (Å²) in [5.74, 6) is 0. The van der Waals surface area contributed by atoms with Crippen LogP contribution in [0, 0.1) is 0 Å². The molecule has 3 N–H and O–H groups in total. The lowest BCUT2D eigenvalue weighted by molar-refractivity contribution is 0.220. The van der Waals surface area contributed by atoms with Crippen molar-refractivity contribution in [1.29, 1.82) is 0 Å². The Hall–Kier alpha value is -1.58. The number of hydrogen-bond donors (Lipinski definition) is 2. The highest BCUT2D eigenvalue weighted by Crippen LogP contribution is 2.28. The molecule has 0 bridgehead atoms. The lowest BCUT2D eigenvalue weighted by Gasteiger charge is -2.13. The predicted octanol–water partition coefficient (Wildman–Crippen LogP) is 2.40. The van der Waals surface area contributed by atoms with Crippen LogP contribution >= 0.6 is 11.6 Å². The molecule has 0 aliphatic rings. The van der Waals surface area contributed by atoms with Crippen LogP contribution in [0.4, 0.5) is 5.69 Å². The Morgan fingerprint density at radius 3 is 2.81 bits per heavy atom. The molecule has 1 aromatic carbocycles. The molecule has 1 unspecified atom stereocenters. The fourth-order valence-electron chi connectivity index (χ4n) is 1.50. The second kappa shape index (κ2) is 4.51. The maximum atomic E-state index is 10.1. The van der Waals surface area contributed by atoms with Crippen molar-refractivity contribution < 1.29 is 5.11 Å². The molecule has 1 heterocycles. The Morgan fingerprint density at radius 2 is 2.12 bits per heavy atom. The largest absolute Gasteiger partial charge is 0.398 e. The van der Waals surface area contributed by atoms with E-state index in [1.54, 1.807) is 42.7 Å². The van der Waals surface area contributed by atoms with E-state index in [4.69, 9.17) is 17.3 Å². The van der Waals surface area contributed by atoms with Crippen molar-refractivity contribution in [3.8, 4) is 0 Å². The third kappa shape index (κ3) is 2.15. The van der Waals surface area contributed by atoms with E-state index >= 15 is 0 Å². The summed E-state index contributed by atoms with van der Waals surface area (Å²) in [5, 5.41) is 10.7. The zero-order valence-electron chi connectivity index (χ0n) is 8.47. The second-order valence-electron chi connectivity index (χ2n) is 3.46. The maximum Gasteiger partial charge on any atom is 0.108 e. The van der Waals surface area contributed by atoms with Gasteiger partial charge in [0.1, 0.15) is 6.10 Å². The van der Waals surface area contributed by atoms with E-state index in [9.17, 15) is 5.11 Å². The molecule has 0 aliphatic carbocycles. The highest BCUT2D eigenvalue weighted by Gasteiger charge is 2.13. The van der Waals surface area contributed by atoms with Gasteiger partial charge in [0, 0.05) is 34.2 Å². The number of aliphatic hydroxyl groups excluding tert-OH is 1. The van der Waals surface area contributed by atoms with E-state index in [0.717, 1.165) is 0 Å². The number of nitrogens with two attached hydrogens (primary N) is 1. The van der Waals surface area contributed by atoms with Crippen molar-refractivity contribution in [1.82, 2.24) is 4.98 Å². The zero-order chi connectivity index (χ0) is 11.5. The van der Waals surface area contributed by atoms with Crippen molar-refractivity contribution in [3.05, 3.63) is 58.9 Å². The first-order valence-electron chi connectivity index (χ1n) is 4.81. The molecular weight excluding hydrogens is 224 g/mol. The first-order chi connectivity index (χ1) is 7.68. The van der Waals surface area contributed by atoms with Gasteiger partial charge in [-0.25, -0.2) is 0 Å². The van der Waals surface area contributed by atoms with E-state index in [-0.39, 0.29) is 0 Å². The van der Waals surface area contributed by atoms with Crippen molar-refractivity contribution in [2.75, 3.05) is 5.73 Å². The van der Waals surface area contributed by atoms with Crippen LogP contribution in [-0.2, 0) is 0 Å². The zero-order valence-corrected chi connectivity index (χ0v) is 9.22. The Balaban J connectivity index is 2.41. The predicted molar refractivity (Wildman–Crippen MR) is 64.2 cm³/mol. The van der Waals surface area contributed by atoms with Crippen molar-refractivity contribution in [2.24, 2.45) is 0 Å². The molecule has 0 fully saturated rings. The molecule has 2 rings (SSSR count). The van der Waals surface area contributed by atoms with E-state index in [1.165, 1.54) is 0 Å². The molecular formula is C12H11ClN2O. The van der Waals surface area contributed by atoms with Crippen LogP contribution in [0.15, 0.2) is 42.7 Å². The van der Waals surface area contributed by atoms with E-state index < -0.39 is 6.10 Å². The quantitative estimate of drug-likeness (QED) is 0.785. The van der Waals surface area contributed by atoms with E-state index in [1.807, 2.05) is 0 Å². The van der Waals surface area contributed by atoms with Gasteiger partial charge in [-0.1, -0.05) is 17.7 Å². The first-order valence-corrected chi connectivity index (χ1v) is 5.19. The number of pyridine rings is 1. The summed E-state index contributed by atoms with van der Waals surface area (Å²) in [6.45, 7) is 0. The minimum Gasteiger partial charge on any atom is -0.398 e. The Bertz CT molecular complexity index is 488. The van der Waals surface area contributed by atoms with Gasteiger partial charge in [-0.15, -0.1) is 0 Å². The summed E-state index contributed by atoms with van der Waals surface area (Å²) in [5.41, 5.74) is 7.59. The molecule has 16 heavy (non-hydrogen) atoms. The summed E-state index contributed by atoms with van der Waals surface area (Å²) in [6.07, 6.45) is 2.45.